The van der Waals surface area contributed by atoms with Gasteiger partial charge in [0, 0.05) is 13.0 Å². The lowest BCUT2D eigenvalue weighted by atomic mass is 9.98. The van der Waals surface area contributed by atoms with Crippen molar-refractivity contribution in [3.05, 3.63) is 89.7 Å². The fraction of sp³-hybridized carbons (Fsp3) is 0.200. The van der Waals surface area contributed by atoms with Crippen LogP contribution in [0.3, 0.4) is 0 Å². The first kappa shape index (κ1) is 25.7. The summed E-state index contributed by atoms with van der Waals surface area (Å²) in [6.07, 6.45) is -0.307. The van der Waals surface area contributed by atoms with Crippen LogP contribution >= 0.6 is 0 Å². The van der Waals surface area contributed by atoms with Crippen LogP contribution in [0.25, 0.3) is 0 Å². The normalized spacial score (nSPS) is 11.9. The molecule has 0 aliphatic carbocycles. The second-order valence-corrected chi connectivity index (χ2v) is 9.80. The van der Waals surface area contributed by atoms with Gasteiger partial charge in [-0.25, -0.2) is 17.6 Å². The lowest BCUT2D eigenvalue weighted by molar-refractivity contribution is -0.137. The predicted molar refractivity (Wildman–Crippen MR) is 129 cm³/mol. The Morgan fingerprint density at radius 1 is 1.03 bits per heavy atom. The van der Waals surface area contributed by atoms with E-state index in [1.807, 2.05) is 0 Å². The van der Waals surface area contributed by atoms with Crippen molar-refractivity contribution < 1.29 is 32.2 Å². The molecule has 3 aromatic rings. The Balaban J connectivity index is 1.68. The van der Waals surface area contributed by atoms with Gasteiger partial charge in [-0.1, -0.05) is 36.4 Å². The number of ether oxygens (including phenoxy) is 1. The Bertz CT molecular complexity index is 1280. The quantitative estimate of drug-likeness (QED) is 0.384. The number of benzene rings is 3. The molecule has 3 aromatic carbocycles. The van der Waals surface area contributed by atoms with Crippen molar-refractivity contribution in [2.45, 2.75) is 23.8 Å². The van der Waals surface area contributed by atoms with Crippen molar-refractivity contribution in [1.29, 1.82) is 0 Å². The highest BCUT2D eigenvalue weighted by molar-refractivity contribution is 7.91. The zero-order valence-corrected chi connectivity index (χ0v) is 19.7. The van der Waals surface area contributed by atoms with Crippen LogP contribution in [0.15, 0.2) is 77.7 Å². The predicted octanol–water partition coefficient (Wildman–Crippen LogP) is 4.19. The monoisotopic (exact) mass is 500 g/mol. The molecule has 0 aliphatic heterocycles. The summed E-state index contributed by atoms with van der Waals surface area (Å²) < 4.78 is 45.5. The second kappa shape index (κ2) is 11.5. The molecule has 0 aliphatic rings. The van der Waals surface area contributed by atoms with Crippen molar-refractivity contribution >= 4 is 27.5 Å². The summed E-state index contributed by atoms with van der Waals surface area (Å²) in [6, 6.07) is 18.1. The van der Waals surface area contributed by atoms with Crippen LogP contribution in [-0.2, 0) is 21.2 Å². The average Bonchev–Trinajstić information content (AvgIpc) is 2.84. The molecule has 2 amide bonds. The van der Waals surface area contributed by atoms with E-state index in [0.717, 1.165) is 0 Å². The molecule has 10 heteroatoms. The number of carboxylic acid groups (broad SMARTS) is 1. The molecule has 8 nitrogen and oxygen atoms in total. The molecule has 184 valence electrons. The molecule has 1 atom stereocenters. The summed E-state index contributed by atoms with van der Waals surface area (Å²) in [6.45, 7) is 0.0590. The van der Waals surface area contributed by atoms with E-state index in [0.29, 0.717) is 16.9 Å². The van der Waals surface area contributed by atoms with Crippen molar-refractivity contribution in [2.75, 3.05) is 18.1 Å². The summed E-state index contributed by atoms with van der Waals surface area (Å²) in [7, 11) is -2.35. The lowest BCUT2D eigenvalue weighted by Crippen LogP contribution is -2.25. The Morgan fingerprint density at radius 2 is 1.71 bits per heavy atom. The average molecular weight is 501 g/mol. The minimum atomic E-state index is -3.77. The summed E-state index contributed by atoms with van der Waals surface area (Å²) >= 11 is 0. The minimum absolute atomic E-state index is 0.00113. The maximum atomic E-state index is 13.9. The number of anilines is 1. The molecular formula is C25H25FN2O6S. The molecule has 0 bridgehead atoms. The van der Waals surface area contributed by atoms with Gasteiger partial charge in [-0.3, -0.25) is 4.79 Å². The topological polar surface area (TPSA) is 122 Å². The molecule has 3 rings (SSSR count). The van der Waals surface area contributed by atoms with Crippen LogP contribution in [0.5, 0.6) is 5.75 Å². The van der Waals surface area contributed by atoms with E-state index < -0.39 is 33.6 Å². The summed E-state index contributed by atoms with van der Waals surface area (Å²) in [5.41, 5.74) is 1.23. The number of rotatable bonds is 10. The van der Waals surface area contributed by atoms with Crippen molar-refractivity contribution in [2.24, 2.45) is 0 Å². The van der Waals surface area contributed by atoms with Gasteiger partial charge in [0.2, 0.25) is 0 Å². The van der Waals surface area contributed by atoms with E-state index in [2.05, 4.69) is 10.6 Å². The third-order valence-corrected chi connectivity index (χ3v) is 7.04. The highest BCUT2D eigenvalue weighted by Gasteiger charge is 2.25. The van der Waals surface area contributed by atoms with Crippen LogP contribution < -0.4 is 15.4 Å². The van der Waals surface area contributed by atoms with Crippen LogP contribution in [0, 0.1) is 5.82 Å². The molecule has 35 heavy (non-hydrogen) atoms. The number of sulfone groups is 1. The van der Waals surface area contributed by atoms with Gasteiger partial charge in [-0.05, 0) is 47.5 Å². The van der Waals surface area contributed by atoms with Gasteiger partial charge in [-0.15, -0.1) is 0 Å². The third kappa shape index (κ3) is 7.28. The second-order valence-electron chi connectivity index (χ2n) is 7.77. The Kier molecular flexibility index (Phi) is 8.43. The van der Waals surface area contributed by atoms with Gasteiger partial charge in [0.25, 0.3) is 0 Å². The summed E-state index contributed by atoms with van der Waals surface area (Å²) in [5.74, 6) is -2.32. The number of urea groups is 1. The van der Waals surface area contributed by atoms with Crippen LogP contribution in [-0.4, -0.2) is 38.3 Å². The van der Waals surface area contributed by atoms with Crippen LogP contribution in [0.1, 0.15) is 23.5 Å². The van der Waals surface area contributed by atoms with E-state index in [9.17, 15) is 27.5 Å². The van der Waals surface area contributed by atoms with Crippen molar-refractivity contribution in [3.8, 4) is 5.75 Å². The van der Waals surface area contributed by atoms with E-state index in [-0.39, 0.29) is 29.4 Å². The number of amides is 2. The fourth-order valence-corrected chi connectivity index (χ4v) is 5.01. The number of hydrogen-bond acceptors (Lipinski definition) is 5. The fourth-order valence-electron chi connectivity index (χ4n) is 3.42. The highest BCUT2D eigenvalue weighted by atomic mass is 32.2. The van der Waals surface area contributed by atoms with Gasteiger partial charge in [0.1, 0.15) is 18.2 Å². The smallest absolute Gasteiger partial charge is 0.319 e. The largest absolute Gasteiger partial charge is 0.489 e. The van der Waals surface area contributed by atoms with E-state index >= 15 is 0 Å². The van der Waals surface area contributed by atoms with E-state index in [1.165, 1.54) is 49.5 Å². The molecule has 3 N–H and O–H groups in total. The lowest BCUT2D eigenvalue weighted by Gasteiger charge is -2.16. The number of hydrogen-bond donors (Lipinski definition) is 3. The van der Waals surface area contributed by atoms with Gasteiger partial charge in [-0.2, -0.15) is 0 Å². The maximum Gasteiger partial charge on any atom is 0.319 e. The number of nitrogens with one attached hydrogen (secondary N) is 2. The molecule has 0 saturated carbocycles. The van der Waals surface area contributed by atoms with Crippen LogP contribution in [0.4, 0.5) is 14.9 Å². The van der Waals surface area contributed by atoms with Crippen molar-refractivity contribution in [1.82, 2.24) is 5.32 Å². The molecule has 0 saturated heterocycles. The first-order valence-corrected chi connectivity index (χ1v) is 12.3. The molecule has 1 unspecified atom stereocenters. The van der Waals surface area contributed by atoms with Gasteiger partial charge in [0.05, 0.1) is 22.8 Å². The Labute approximate surface area is 202 Å². The zero-order valence-electron chi connectivity index (χ0n) is 18.9. The number of halogens is 1. The van der Waals surface area contributed by atoms with Gasteiger partial charge >= 0.3 is 12.0 Å². The molecule has 0 fully saturated rings. The maximum absolute atomic E-state index is 13.9. The molecule has 0 spiro atoms. The van der Waals surface area contributed by atoms with Crippen LogP contribution in [0.2, 0.25) is 0 Å². The van der Waals surface area contributed by atoms with E-state index in [1.54, 1.807) is 30.3 Å². The molecular weight excluding hydrogens is 475 g/mol. The number of aliphatic carboxylic acids is 1. The zero-order chi connectivity index (χ0) is 25.4. The Hall–Kier alpha value is -3.92. The summed E-state index contributed by atoms with van der Waals surface area (Å²) in [5, 5.41) is 14.0. The Morgan fingerprint density at radius 3 is 2.34 bits per heavy atom. The molecule has 0 aromatic heterocycles. The number of carbonyl (C=O) groups excluding carboxylic acids is 1. The highest BCUT2D eigenvalue weighted by Crippen LogP contribution is 2.26. The first-order valence-electron chi connectivity index (χ1n) is 10.7. The third-order valence-electron chi connectivity index (χ3n) is 5.21. The van der Waals surface area contributed by atoms with Crippen molar-refractivity contribution in [3.63, 3.8) is 0 Å². The summed E-state index contributed by atoms with van der Waals surface area (Å²) in [4.78, 5) is 22.8. The van der Waals surface area contributed by atoms with E-state index in [4.69, 9.17) is 4.74 Å². The SMILES string of the molecule is CNC(=O)Nc1cc(COc2ccc(S(=O)(=O)CC(CC(=O)O)c3ccccc3)cc2)ccc1F. The standard InChI is InChI=1S/C25H25FN2O6S/c1-27-25(31)28-23-13-17(7-12-22(23)26)15-34-20-8-10-21(11-9-20)35(32,33)16-19(14-24(29)30)18-5-3-2-4-6-18/h2-13,19H,14-16H2,1H3,(H,29,30)(H2,27,28,31). The van der Waals surface area contributed by atoms with Gasteiger partial charge in [0.15, 0.2) is 9.84 Å². The number of carboxylic acids is 1. The minimum Gasteiger partial charge on any atom is -0.489 e. The van der Waals surface area contributed by atoms with Gasteiger partial charge < -0.3 is 20.5 Å². The molecule has 0 radical (unpaired) electrons. The molecule has 0 heterocycles. The number of carbonyl (C=O) groups is 2. The first-order chi connectivity index (χ1) is 16.7.